The van der Waals surface area contributed by atoms with Crippen LogP contribution in [-0.2, 0) is 4.74 Å². The molecule has 0 amide bonds. The van der Waals surface area contributed by atoms with Gasteiger partial charge in [0.1, 0.15) is 0 Å². The Morgan fingerprint density at radius 3 is 2.47 bits per heavy atom. The van der Waals surface area contributed by atoms with Crippen LogP contribution in [0.15, 0.2) is 24.3 Å². The number of benzene rings is 1. The summed E-state index contributed by atoms with van der Waals surface area (Å²) in [6, 6.07) is 8.63. The first-order chi connectivity index (χ1) is 8.13. The van der Waals surface area contributed by atoms with Crippen LogP contribution in [-0.4, -0.2) is 52.3 Å². The van der Waals surface area contributed by atoms with E-state index < -0.39 is 0 Å². The van der Waals surface area contributed by atoms with E-state index in [9.17, 15) is 0 Å². The molecule has 3 nitrogen and oxygen atoms in total. The summed E-state index contributed by atoms with van der Waals surface area (Å²) < 4.78 is 5.18. The molecule has 0 spiro atoms. The van der Waals surface area contributed by atoms with Crippen LogP contribution in [0, 0.1) is 6.92 Å². The Labute approximate surface area is 105 Å². The monoisotopic (exact) mass is 236 g/mol. The molecule has 1 rings (SSSR count). The lowest BCUT2D eigenvalue weighted by atomic mass is 10.2. The smallest absolute Gasteiger partial charge is 0.0637 e. The molecule has 1 aromatic carbocycles. The van der Waals surface area contributed by atoms with E-state index in [0.717, 1.165) is 26.2 Å². The number of methoxy groups -OCH3 is 1. The van der Waals surface area contributed by atoms with E-state index in [0.29, 0.717) is 0 Å². The Morgan fingerprint density at radius 1 is 1.12 bits per heavy atom. The van der Waals surface area contributed by atoms with Gasteiger partial charge in [0.05, 0.1) is 6.61 Å². The van der Waals surface area contributed by atoms with Gasteiger partial charge in [-0.25, -0.2) is 0 Å². The minimum absolute atomic E-state index is 0.765. The van der Waals surface area contributed by atoms with Crippen LogP contribution < -0.4 is 4.90 Å². The molecule has 3 heteroatoms. The fourth-order valence-electron chi connectivity index (χ4n) is 1.72. The highest BCUT2D eigenvalue weighted by molar-refractivity contribution is 5.48. The molecule has 0 bridgehead atoms. The van der Waals surface area contributed by atoms with Gasteiger partial charge in [-0.15, -0.1) is 0 Å². The molecule has 17 heavy (non-hydrogen) atoms. The first-order valence-electron chi connectivity index (χ1n) is 6.09. The highest BCUT2D eigenvalue weighted by Crippen LogP contribution is 2.15. The maximum absolute atomic E-state index is 5.18. The normalized spacial score (nSPS) is 10.9. The fourth-order valence-corrected chi connectivity index (χ4v) is 1.72. The summed E-state index contributed by atoms with van der Waals surface area (Å²) in [4.78, 5) is 4.58. The Morgan fingerprint density at radius 2 is 1.88 bits per heavy atom. The molecule has 96 valence electrons. The average Bonchev–Trinajstić information content (AvgIpc) is 2.29. The number of aryl methyl sites for hydroxylation is 1. The molecule has 0 aromatic heterocycles. The van der Waals surface area contributed by atoms with E-state index in [1.54, 1.807) is 7.11 Å². The Hall–Kier alpha value is -1.06. The van der Waals surface area contributed by atoms with Crippen molar-refractivity contribution in [3.8, 4) is 0 Å². The van der Waals surface area contributed by atoms with Crippen LogP contribution >= 0.6 is 0 Å². The van der Waals surface area contributed by atoms with Crippen LogP contribution in [0.1, 0.15) is 5.56 Å². The number of ether oxygens (including phenoxy) is 1. The number of nitrogens with zero attached hydrogens (tertiary/aromatic N) is 2. The topological polar surface area (TPSA) is 15.7 Å². The van der Waals surface area contributed by atoms with Crippen LogP contribution in [0.2, 0.25) is 0 Å². The van der Waals surface area contributed by atoms with Crippen molar-refractivity contribution in [2.45, 2.75) is 6.92 Å². The summed E-state index contributed by atoms with van der Waals surface area (Å²) in [5.41, 5.74) is 2.58. The summed E-state index contributed by atoms with van der Waals surface area (Å²) in [5.74, 6) is 0. The zero-order chi connectivity index (χ0) is 12.7. The Kier molecular flexibility index (Phi) is 6.01. The van der Waals surface area contributed by atoms with Gasteiger partial charge in [0.25, 0.3) is 0 Å². The first-order valence-corrected chi connectivity index (χ1v) is 6.09. The highest BCUT2D eigenvalue weighted by Gasteiger charge is 2.06. The summed E-state index contributed by atoms with van der Waals surface area (Å²) in [6.07, 6.45) is 0. The summed E-state index contributed by atoms with van der Waals surface area (Å²) in [6.45, 7) is 5.91. The molecule has 0 radical (unpaired) electrons. The van der Waals surface area contributed by atoms with Crippen molar-refractivity contribution in [1.29, 1.82) is 0 Å². The summed E-state index contributed by atoms with van der Waals surface area (Å²) in [7, 11) is 5.95. The zero-order valence-corrected chi connectivity index (χ0v) is 11.4. The van der Waals surface area contributed by atoms with Gasteiger partial charge in [-0.1, -0.05) is 12.1 Å². The molecule has 0 fully saturated rings. The van der Waals surface area contributed by atoms with Gasteiger partial charge in [0, 0.05) is 32.4 Å². The van der Waals surface area contributed by atoms with E-state index >= 15 is 0 Å². The molecular weight excluding hydrogens is 212 g/mol. The molecule has 0 unspecified atom stereocenters. The highest BCUT2D eigenvalue weighted by atomic mass is 16.5. The second kappa shape index (κ2) is 7.30. The van der Waals surface area contributed by atoms with Gasteiger partial charge in [-0.3, -0.25) is 0 Å². The molecule has 0 atom stereocenters. The summed E-state index contributed by atoms with van der Waals surface area (Å²) in [5, 5.41) is 0. The van der Waals surface area contributed by atoms with E-state index in [1.165, 1.54) is 11.3 Å². The Bertz CT molecular complexity index is 326. The van der Waals surface area contributed by atoms with Gasteiger partial charge in [0.15, 0.2) is 0 Å². The standard InChI is InChI=1S/C14H24N2O/c1-13-6-5-7-14(12-13)16(10-11-17-4)9-8-15(2)3/h5-7,12H,8-11H2,1-4H3. The number of hydrogen-bond acceptors (Lipinski definition) is 3. The second-order valence-corrected chi connectivity index (χ2v) is 4.62. The molecule has 1 aromatic rings. The lowest BCUT2D eigenvalue weighted by Crippen LogP contribution is -2.34. The van der Waals surface area contributed by atoms with E-state index in [2.05, 4.69) is 55.1 Å². The SMILES string of the molecule is COCCN(CCN(C)C)c1cccc(C)c1. The van der Waals surface area contributed by atoms with Crippen molar-refractivity contribution in [3.63, 3.8) is 0 Å². The molecule has 0 saturated carbocycles. The first kappa shape index (κ1) is 14.0. The molecule has 0 aliphatic heterocycles. The van der Waals surface area contributed by atoms with Gasteiger partial charge in [-0.05, 0) is 38.7 Å². The van der Waals surface area contributed by atoms with E-state index in [1.807, 2.05) is 0 Å². The zero-order valence-electron chi connectivity index (χ0n) is 11.4. The van der Waals surface area contributed by atoms with Crippen molar-refractivity contribution in [2.24, 2.45) is 0 Å². The third-order valence-corrected chi connectivity index (χ3v) is 2.75. The largest absolute Gasteiger partial charge is 0.383 e. The van der Waals surface area contributed by atoms with Crippen LogP contribution in [0.25, 0.3) is 0 Å². The maximum Gasteiger partial charge on any atom is 0.0637 e. The van der Waals surface area contributed by atoms with Crippen LogP contribution in [0.3, 0.4) is 0 Å². The molecule has 0 aliphatic rings. The number of rotatable bonds is 7. The number of anilines is 1. The van der Waals surface area contributed by atoms with Crippen molar-refractivity contribution < 1.29 is 4.74 Å². The fraction of sp³-hybridized carbons (Fsp3) is 0.571. The van der Waals surface area contributed by atoms with Crippen LogP contribution in [0.5, 0.6) is 0 Å². The van der Waals surface area contributed by atoms with Gasteiger partial charge < -0.3 is 14.5 Å². The number of likely N-dealkylation sites (N-methyl/N-ethyl adjacent to an activating group) is 1. The summed E-state index contributed by atoms with van der Waals surface area (Å²) >= 11 is 0. The molecule has 0 heterocycles. The van der Waals surface area contributed by atoms with Crippen molar-refractivity contribution in [3.05, 3.63) is 29.8 Å². The maximum atomic E-state index is 5.18. The van der Waals surface area contributed by atoms with Gasteiger partial charge in [0.2, 0.25) is 0 Å². The molecule has 0 N–H and O–H groups in total. The van der Waals surface area contributed by atoms with Crippen molar-refractivity contribution >= 4 is 5.69 Å². The predicted octanol–water partition coefficient (Wildman–Crippen LogP) is 2.01. The van der Waals surface area contributed by atoms with Crippen molar-refractivity contribution in [1.82, 2.24) is 4.90 Å². The lowest BCUT2D eigenvalue weighted by molar-refractivity contribution is 0.204. The van der Waals surface area contributed by atoms with Gasteiger partial charge >= 0.3 is 0 Å². The van der Waals surface area contributed by atoms with Crippen LogP contribution in [0.4, 0.5) is 5.69 Å². The quantitative estimate of drug-likeness (QED) is 0.720. The third-order valence-electron chi connectivity index (χ3n) is 2.75. The molecule has 0 aliphatic carbocycles. The minimum atomic E-state index is 0.765. The van der Waals surface area contributed by atoms with Gasteiger partial charge in [-0.2, -0.15) is 0 Å². The van der Waals surface area contributed by atoms with E-state index in [4.69, 9.17) is 4.74 Å². The second-order valence-electron chi connectivity index (χ2n) is 4.62. The number of hydrogen-bond donors (Lipinski definition) is 0. The predicted molar refractivity (Wildman–Crippen MR) is 73.8 cm³/mol. The Balaban J connectivity index is 2.67. The average molecular weight is 236 g/mol. The minimum Gasteiger partial charge on any atom is -0.383 e. The molecular formula is C14H24N2O. The lowest BCUT2D eigenvalue weighted by Gasteiger charge is -2.26. The third kappa shape index (κ3) is 5.20. The van der Waals surface area contributed by atoms with Crippen molar-refractivity contribution in [2.75, 3.05) is 52.3 Å². The molecule has 0 saturated heterocycles. The van der Waals surface area contributed by atoms with E-state index in [-0.39, 0.29) is 0 Å².